The summed E-state index contributed by atoms with van der Waals surface area (Å²) in [5, 5.41) is 2.61. The van der Waals surface area contributed by atoms with Crippen molar-refractivity contribution in [2.24, 2.45) is 0 Å². The van der Waals surface area contributed by atoms with E-state index in [-0.39, 0.29) is 0 Å². The molecule has 0 saturated carbocycles. The zero-order valence-electron chi connectivity index (χ0n) is 14.2. The lowest BCUT2D eigenvalue weighted by atomic mass is 10.1. The monoisotopic (exact) mass is 356 g/mol. The average molecular weight is 356 g/mol. The van der Waals surface area contributed by atoms with Gasteiger partial charge in [-0.1, -0.05) is 6.07 Å². The normalized spacial score (nSPS) is 10.8. The van der Waals surface area contributed by atoms with E-state index in [9.17, 15) is 8.78 Å². The van der Waals surface area contributed by atoms with E-state index in [0.29, 0.717) is 29.7 Å². The van der Waals surface area contributed by atoms with Crippen LogP contribution < -0.4 is 10.1 Å². The van der Waals surface area contributed by atoms with Crippen LogP contribution in [0.3, 0.4) is 0 Å². The lowest BCUT2D eigenvalue weighted by Crippen LogP contribution is -2.12. The smallest absolute Gasteiger partial charge is 0.255 e. The standard InChI is InChI=1S/C19H18F2N4O/c1-13-24-17(10-19(25-13)23-11-18(20)21)14-5-7-16(8-6-14)26-12-15-4-2-3-9-22-15/h2-10,18H,11-12H2,1H3,(H,23,24,25). The summed E-state index contributed by atoms with van der Waals surface area (Å²) in [4.78, 5) is 12.7. The van der Waals surface area contributed by atoms with Crippen LogP contribution in [-0.2, 0) is 6.61 Å². The molecule has 0 unspecified atom stereocenters. The van der Waals surface area contributed by atoms with Crippen molar-refractivity contribution in [3.05, 3.63) is 66.2 Å². The van der Waals surface area contributed by atoms with Crippen LogP contribution in [0.4, 0.5) is 14.6 Å². The molecule has 5 nitrogen and oxygen atoms in total. The van der Waals surface area contributed by atoms with Gasteiger partial charge in [0, 0.05) is 17.8 Å². The average Bonchev–Trinajstić information content (AvgIpc) is 2.65. The molecule has 134 valence electrons. The van der Waals surface area contributed by atoms with Crippen LogP contribution >= 0.6 is 0 Å². The molecule has 0 amide bonds. The van der Waals surface area contributed by atoms with Gasteiger partial charge in [-0.15, -0.1) is 0 Å². The van der Waals surface area contributed by atoms with E-state index in [1.54, 1.807) is 19.2 Å². The number of halogens is 2. The van der Waals surface area contributed by atoms with E-state index >= 15 is 0 Å². The highest BCUT2D eigenvalue weighted by molar-refractivity contribution is 5.63. The Labute approximate surface area is 150 Å². The van der Waals surface area contributed by atoms with Crippen LogP contribution in [0.25, 0.3) is 11.3 Å². The third kappa shape index (κ3) is 4.95. The lowest BCUT2D eigenvalue weighted by Gasteiger charge is -2.09. The Morgan fingerprint density at radius 1 is 1.08 bits per heavy atom. The van der Waals surface area contributed by atoms with Gasteiger partial charge >= 0.3 is 0 Å². The first kappa shape index (κ1) is 17.7. The Balaban J connectivity index is 1.69. The Bertz CT molecular complexity index is 842. The number of hydrogen-bond donors (Lipinski definition) is 1. The molecule has 0 spiro atoms. The van der Waals surface area contributed by atoms with Crippen LogP contribution in [0, 0.1) is 6.92 Å². The van der Waals surface area contributed by atoms with Crippen molar-refractivity contribution in [2.75, 3.05) is 11.9 Å². The number of benzene rings is 1. The maximum atomic E-state index is 12.4. The molecule has 0 atom stereocenters. The minimum Gasteiger partial charge on any atom is -0.487 e. The molecule has 1 N–H and O–H groups in total. The molecule has 26 heavy (non-hydrogen) atoms. The second kappa shape index (κ2) is 8.33. The molecule has 2 heterocycles. The zero-order chi connectivity index (χ0) is 18.4. The third-order valence-corrected chi connectivity index (χ3v) is 3.54. The summed E-state index contributed by atoms with van der Waals surface area (Å²) in [7, 11) is 0. The van der Waals surface area contributed by atoms with Gasteiger partial charge in [-0.05, 0) is 43.3 Å². The molecule has 0 bridgehead atoms. The van der Waals surface area contributed by atoms with Crippen molar-refractivity contribution in [3.8, 4) is 17.0 Å². The Morgan fingerprint density at radius 3 is 2.58 bits per heavy atom. The highest BCUT2D eigenvalue weighted by Gasteiger charge is 2.07. The number of aromatic nitrogens is 3. The Hall–Kier alpha value is -3.09. The van der Waals surface area contributed by atoms with E-state index in [0.717, 1.165) is 11.3 Å². The first-order valence-electron chi connectivity index (χ1n) is 8.11. The summed E-state index contributed by atoms with van der Waals surface area (Å²) in [6.45, 7) is 1.66. The fourth-order valence-corrected chi connectivity index (χ4v) is 2.35. The summed E-state index contributed by atoms with van der Waals surface area (Å²) < 4.78 is 30.4. The summed E-state index contributed by atoms with van der Waals surface area (Å²) in [5.41, 5.74) is 2.35. The third-order valence-electron chi connectivity index (χ3n) is 3.54. The van der Waals surface area contributed by atoms with Crippen molar-refractivity contribution in [1.29, 1.82) is 0 Å². The van der Waals surface area contributed by atoms with Crippen LogP contribution in [0.15, 0.2) is 54.7 Å². The summed E-state index contributed by atoms with van der Waals surface area (Å²) in [6.07, 6.45) is -0.719. The topological polar surface area (TPSA) is 59.9 Å². The molecule has 0 aliphatic heterocycles. The molecule has 0 radical (unpaired) electrons. The molecule has 0 saturated heterocycles. The lowest BCUT2D eigenvalue weighted by molar-refractivity contribution is 0.163. The van der Waals surface area contributed by atoms with Crippen molar-refractivity contribution in [1.82, 2.24) is 15.0 Å². The van der Waals surface area contributed by atoms with Crippen LogP contribution in [0.1, 0.15) is 11.5 Å². The maximum Gasteiger partial charge on any atom is 0.255 e. The van der Waals surface area contributed by atoms with E-state index < -0.39 is 13.0 Å². The van der Waals surface area contributed by atoms with Gasteiger partial charge in [0.25, 0.3) is 6.43 Å². The highest BCUT2D eigenvalue weighted by Crippen LogP contribution is 2.23. The van der Waals surface area contributed by atoms with E-state index in [1.165, 1.54) is 0 Å². The number of pyridine rings is 1. The van der Waals surface area contributed by atoms with Gasteiger partial charge in [-0.3, -0.25) is 4.98 Å². The van der Waals surface area contributed by atoms with Gasteiger partial charge in [-0.2, -0.15) is 0 Å². The van der Waals surface area contributed by atoms with Gasteiger partial charge in [0.05, 0.1) is 17.9 Å². The van der Waals surface area contributed by atoms with Crippen molar-refractivity contribution >= 4 is 5.82 Å². The molecule has 0 aliphatic rings. The second-order valence-corrected chi connectivity index (χ2v) is 5.59. The van der Waals surface area contributed by atoms with Crippen LogP contribution in [-0.4, -0.2) is 27.9 Å². The zero-order valence-corrected chi connectivity index (χ0v) is 14.2. The van der Waals surface area contributed by atoms with Crippen molar-refractivity contribution < 1.29 is 13.5 Å². The molecular formula is C19H18F2N4O. The molecule has 3 aromatic rings. The van der Waals surface area contributed by atoms with E-state index in [1.807, 2.05) is 42.5 Å². The van der Waals surface area contributed by atoms with Gasteiger partial charge in [0.2, 0.25) is 0 Å². The van der Waals surface area contributed by atoms with Crippen molar-refractivity contribution in [2.45, 2.75) is 20.0 Å². The molecule has 1 aromatic carbocycles. The number of nitrogens with zero attached hydrogens (tertiary/aromatic N) is 3. The Morgan fingerprint density at radius 2 is 1.88 bits per heavy atom. The van der Waals surface area contributed by atoms with E-state index in [4.69, 9.17) is 4.74 Å². The number of rotatable bonds is 7. The number of anilines is 1. The molecule has 3 rings (SSSR count). The molecule has 7 heteroatoms. The molecule has 0 fully saturated rings. The molecule has 0 aliphatic carbocycles. The summed E-state index contributed by atoms with van der Waals surface area (Å²) in [6, 6.07) is 14.7. The fourth-order valence-electron chi connectivity index (χ4n) is 2.35. The number of hydrogen-bond acceptors (Lipinski definition) is 5. The quantitative estimate of drug-likeness (QED) is 0.690. The highest BCUT2D eigenvalue weighted by atomic mass is 19.3. The van der Waals surface area contributed by atoms with Crippen molar-refractivity contribution in [3.63, 3.8) is 0 Å². The maximum absolute atomic E-state index is 12.4. The number of alkyl halides is 2. The predicted octanol–water partition coefficient (Wildman–Crippen LogP) is 4.10. The second-order valence-electron chi connectivity index (χ2n) is 5.59. The SMILES string of the molecule is Cc1nc(NCC(F)F)cc(-c2ccc(OCc3ccccn3)cc2)n1. The minimum atomic E-state index is -2.44. The van der Waals surface area contributed by atoms with E-state index in [2.05, 4.69) is 20.3 Å². The van der Waals surface area contributed by atoms with Gasteiger partial charge in [0.15, 0.2) is 0 Å². The first-order valence-corrected chi connectivity index (χ1v) is 8.11. The predicted molar refractivity (Wildman–Crippen MR) is 95.3 cm³/mol. The van der Waals surface area contributed by atoms with Gasteiger partial charge in [0.1, 0.15) is 24.0 Å². The number of nitrogens with one attached hydrogen (secondary N) is 1. The minimum absolute atomic E-state index is 0.378. The molecular weight excluding hydrogens is 338 g/mol. The fraction of sp³-hybridized carbons (Fsp3) is 0.211. The Kier molecular flexibility index (Phi) is 5.68. The first-order chi connectivity index (χ1) is 12.6. The molecule has 2 aromatic heterocycles. The summed E-state index contributed by atoms with van der Waals surface area (Å²) >= 11 is 0. The van der Waals surface area contributed by atoms with Gasteiger partial charge in [-0.25, -0.2) is 18.7 Å². The van der Waals surface area contributed by atoms with Crippen LogP contribution in [0.2, 0.25) is 0 Å². The number of ether oxygens (including phenoxy) is 1. The van der Waals surface area contributed by atoms with Gasteiger partial charge < -0.3 is 10.1 Å². The number of aryl methyl sites for hydroxylation is 1. The summed E-state index contributed by atoms with van der Waals surface area (Å²) in [5.74, 6) is 1.60. The largest absolute Gasteiger partial charge is 0.487 e. The van der Waals surface area contributed by atoms with Crippen LogP contribution in [0.5, 0.6) is 5.75 Å².